The van der Waals surface area contributed by atoms with Crippen LogP contribution in [0.1, 0.15) is 30.4 Å². The summed E-state index contributed by atoms with van der Waals surface area (Å²) in [5.74, 6) is -2.92. The number of ketones is 2. The summed E-state index contributed by atoms with van der Waals surface area (Å²) in [6.45, 7) is 2.11. The quantitative estimate of drug-likeness (QED) is 0.478. The van der Waals surface area contributed by atoms with Gasteiger partial charge in [-0.1, -0.05) is 47.5 Å². The molecule has 7 heteroatoms. The number of halogens is 2. The van der Waals surface area contributed by atoms with Gasteiger partial charge in [-0.3, -0.25) is 14.5 Å². The second-order valence-corrected chi connectivity index (χ2v) is 8.69. The fourth-order valence-electron chi connectivity index (χ4n) is 3.94. The number of carbonyl (C=O) groups excluding carboxylic acids is 2. The van der Waals surface area contributed by atoms with Crippen LogP contribution >= 0.6 is 23.2 Å². The number of hydrogen-bond donors (Lipinski definition) is 1. The molecule has 0 radical (unpaired) electrons. The molecule has 0 amide bonds. The summed E-state index contributed by atoms with van der Waals surface area (Å²) in [5, 5.41) is 10.2. The van der Waals surface area contributed by atoms with Gasteiger partial charge in [0.15, 0.2) is 0 Å². The van der Waals surface area contributed by atoms with E-state index in [1.807, 2.05) is 36.4 Å². The fourth-order valence-corrected chi connectivity index (χ4v) is 4.20. The lowest BCUT2D eigenvalue weighted by Crippen LogP contribution is -2.46. The summed E-state index contributed by atoms with van der Waals surface area (Å²) >= 11 is 11.9. The standard InChI is InChI=1S/C23H23Cl2NO4/c24-18-5-1-16(2-6-18)14-23(21(28)13-20(27)22(29)30)9-11-26(12-10-23)15-17-3-7-19(25)8-4-17/h1-8H,9-15H2,(H,29,30). The summed E-state index contributed by atoms with van der Waals surface area (Å²) in [5.41, 5.74) is 1.33. The second-order valence-electron chi connectivity index (χ2n) is 7.81. The number of piperidine rings is 1. The molecule has 1 saturated heterocycles. The number of Topliss-reactive ketones (excluding diaryl/α,β-unsaturated/α-hetero) is 2. The molecule has 0 saturated carbocycles. The molecule has 1 heterocycles. The molecule has 158 valence electrons. The van der Waals surface area contributed by atoms with Crippen molar-refractivity contribution in [3.05, 3.63) is 69.7 Å². The molecule has 2 aromatic rings. The molecule has 3 rings (SSSR count). The second kappa shape index (κ2) is 9.73. The Balaban J connectivity index is 1.74. The van der Waals surface area contributed by atoms with Gasteiger partial charge in [-0.05, 0) is 67.7 Å². The monoisotopic (exact) mass is 447 g/mol. The molecule has 0 aliphatic carbocycles. The molecule has 1 aliphatic heterocycles. The molecule has 1 fully saturated rings. The van der Waals surface area contributed by atoms with Gasteiger partial charge in [0.1, 0.15) is 5.78 Å². The molecule has 5 nitrogen and oxygen atoms in total. The van der Waals surface area contributed by atoms with Crippen LogP contribution in [0.15, 0.2) is 48.5 Å². The summed E-state index contributed by atoms with van der Waals surface area (Å²) in [6.07, 6.45) is 1.02. The van der Waals surface area contributed by atoms with Crippen molar-refractivity contribution in [2.75, 3.05) is 13.1 Å². The predicted octanol–water partition coefficient (Wildman–Crippen LogP) is 4.43. The molecule has 0 unspecified atom stereocenters. The highest BCUT2D eigenvalue weighted by Gasteiger charge is 2.42. The van der Waals surface area contributed by atoms with E-state index in [1.165, 1.54) is 0 Å². The van der Waals surface area contributed by atoms with Crippen molar-refractivity contribution >= 4 is 40.7 Å². The Labute approximate surface area is 185 Å². The Morgan fingerprint density at radius 2 is 1.37 bits per heavy atom. The minimum atomic E-state index is -1.56. The van der Waals surface area contributed by atoms with Gasteiger partial charge in [0.05, 0.1) is 6.42 Å². The Morgan fingerprint density at radius 1 is 0.867 bits per heavy atom. The fraction of sp³-hybridized carbons (Fsp3) is 0.348. The first-order valence-corrected chi connectivity index (χ1v) is 10.5. The number of carboxylic acids is 1. The third-order valence-electron chi connectivity index (χ3n) is 5.74. The summed E-state index contributed by atoms with van der Waals surface area (Å²) in [4.78, 5) is 38.0. The van der Waals surface area contributed by atoms with Gasteiger partial charge in [-0.2, -0.15) is 0 Å². The van der Waals surface area contributed by atoms with Crippen LogP contribution in [0.5, 0.6) is 0 Å². The van der Waals surface area contributed by atoms with Gasteiger partial charge in [0, 0.05) is 22.0 Å². The number of aliphatic carboxylic acids is 1. The number of benzene rings is 2. The van der Waals surface area contributed by atoms with Gasteiger partial charge in [-0.25, -0.2) is 4.79 Å². The maximum absolute atomic E-state index is 13.1. The first-order valence-electron chi connectivity index (χ1n) is 9.78. The third kappa shape index (κ3) is 5.69. The van der Waals surface area contributed by atoms with E-state index in [0.29, 0.717) is 42.4 Å². The largest absolute Gasteiger partial charge is 0.475 e. The third-order valence-corrected chi connectivity index (χ3v) is 6.24. The van der Waals surface area contributed by atoms with E-state index < -0.39 is 23.6 Å². The maximum Gasteiger partial charge on any atom is 0.372 e. The van der Waals surface area contributed by atoms with Gasteiger partial charge < -0.3 is 5.11 Å². The van der Waals surface area contributed by atoms with Crippen LogP contribution in [0.25, 0.3) is 0 Å². The number of carboxylic acid groups (broad SMARTS) is 1. The lowest BCUT2D eigenvalue weighted by molar-refractivity contribution is -0.151. The molecule has 0 spiro atoms. The Bertz CT molecular complexity index is 917. The van der Waals surface area contributed by atoms with Crippen molar-refractivity contribution in [3.8, 4) is 0 Å². The highest BCUT2D eigenvalue weighted by Crippen LogP contribution is 2.38. The number of likely N-dealkylation sites (tertiary alicyclic amines) is 1. The maximum atomic E-state index is 13.1. The van der Waals surface area contributed by atoms with Crippen LogP contribution < -0.4 is 0 Å². The minimum absolute atomic E-state index is 0.295. The van der Waals surface area contributed by atoms with Crippen molar-refractivity contribution in [1.82, 2.24) is 4.90 Å². The highest BCUT2D eigenvalue weighted by molar-refractivity contribution is 6.36. The van der Waals surface area contributed by atoms with Crippen molar-refractivity contribution in [2.24, 2.45) is 5.41 Å². The van der Waals surface area contributed by atoms with Crippen molar-refractivity contribution in [2.45, 2.75) is 32.2 Å². The Morgan fingerprint density at radius 3 is 1.87 bits per heavy atom. The van der Waals surface area contributed by atoms with Crippen LogP contribution in [0.3, 0.4) is 0 Å². The predicted molar refractivity (Wildman–Crippen MR) is 116 cm³/mol. The van der Waals surface area contributed by atoms with Gasteiger partial charge in [0.25, 0.3) is 0 Å². The van der Waals surface area contributed by atoms with Crippen LogP contribution in [0.4, 0.5) is 0 Å². The van der Waals surface area contributed by atoms with E-state index in [9.17, 15) is 14.4 Å². The average molecular weight is 448 g/mol. The first kappa shape index (κ1) is 22.5. The van der Waals surface area contributed by atoms with E-state index in [-0.39, 0.29) is 5.78 Å². The van der Waals surface area contributed by atoms with Gasteiger partial charge in [-0.15, -0.1) is 0 Å². The molecule has 0 aromatic heterocycles. The average Bonchev–Trinajstić information content (AvgIpc) is 2.72. The van der Waals surface area contributed by atoms with Crippen LogP contribution in [0, 0.1) is 5.41 Å². The first-order chi connectivity index (χ1) is 14.3. The smallest absolute Gasteiger partial charge is 0.372 e. The van der Waals surface area contributed by atoms with E-state index in [4.69, 9.17) is 28.3 Å². The zero-order valence-corrected chi connectivity index (χ0v) is 18.0. The summed E-state index contributed by atoms with van der Waals surface area (Å²) in [6, 6.07) is 15.0. The minimum Gasteiger partial charge on any atom is -0.475 e. The van der Waals surface area contributed by atoms with Crippen molar-refractivity contribution < 1.29 is 19.5 Å². The Hall–Kier alpha value is -2.21. The molecular weight excluding hydrogens is 425 g/mol. The van der Waals surface area contributed by atoms with E-state index >= 15 is 0 Å². The van der Waals surface area contributed by atoms with Crippen molar-refractivity contribution in [1.29, 1.82) is 0 Å². The number of rotatable bonds is 8. The molecular formula is C23H23Cl2NO4. The van der Waals surface area contributed by atoms with Crippen molar-refractivity contribution in [3.63, 3.8) is 0 Å². The van der Waals surface area contributed by atoms with E-state index in [2.05, 4.69) is 4.90 Å². The zero-order valence-electron chi connectivity index (χ0n) is 16.4. The molecule has 0 bridgehead atoms. The molecule has 0 atom stereocenters. The molecule has 30 heavy (non-hydrogen) atoms. The van der Waals surface area contributed by atoms with Gasteiger partial charge >= 0.3 is 5.97 Å². The van der Waals surface area contributed by atoms with Crippen LogP contribution in [0.2, 0.25) is 10.0 Å². The topological polar surface area (TPSA) is 74.7 Å². The SMILES string of the molecule is O=C(O)C(=O)CC(=O)C1(Cc2ccc(Cl)cc2)CCN(Cc2ccc(Cl)cc2)CC1. The van der Waals surface area contributed by atoms with E-state index in [1.54, 1.807) is 12.1 Å². The lowest BCUT2D eigenvalue weighted by atomic mass is 9.69. The highest BCUT2D eigenvalue weighted by atomic mass is 35.5. The lowest BCUT2D eigenvalue weighted by Gasteiger charge is -2.41. The molecule has 1 N–H and O–H groups in total. The number of nitrogens with zero attached hydrogens (tertiary/aromatic N) is 1. The molecule has 2 aromatic carbocycles. The normalized spacial score (nSPS) is 16.2. The Kier molecular flexibility index (Phi) is 7.29. The van der Waals surface area contributed by atoms with E-state index in [0.717, 1.165) is 17.7 Å². The zero-order chi connectivity index (χ0) is 21.7. The number of carbonyl (C=O) groups is 3. The van der Waals surface area contributed by atoms with Gasteiger partial charge in [0.2, 0.25) is 5.78 Å². The van der Waals surface area contributed by atoms with Crippen LogP contribution in [-0.4, -0.2) is 40.6 Å². The summed E-state index contributed by atoms with van der Waals surface area (Å²) < 4.78 is 0. The molecule has 1 aliphatic rings. The summed E-state index contributed by atoms with van der Waals surface area (Å²) in [7, 11) is 0. The van der Waals surface area contributed by atoms with Crippen LogP contribution in [-0.2, 0) is 27.3 Å². The number of hydrogen-bond acceptors (Lipinski definition) is 4.